The molecule has 10 nitrogen and oxygen atoms in total. The number of hydrogen-bond donors (Lipinski definition) is 1. The normalized spacial score (nSPS) is 15.9. The number of non-ortho nitro benzene ring substituents is 1. The van der Waals surface area contributed by atoms with E-state index in [0.717, 1.165) is 0 Å². The molecule has 1 aliphatic rings. The van der Waals surface area contributed by atoms with E-state index >= 15 is 0 Å². The molecule has 0 radical (unpaired) electrons. The number of carbonyl (C=O) groups is 3. The van der Waals surface area contributed by atoms with Crippen LogP contribution in [0.25, 0.3) is 0 Å². The van der Waals surface area contributed by atoms with Crippen molar-refractivity contribution in [3.63, 3.8) is 0 Å². The highest BCUT2D eigenvalue weighted by molar-refractivity contribution is 5.99. The zero-order valence-corrected chi connectivity index (χ0v) is 17.0. The lowest BCUT2D eigenvalue weighted by Crippen LogP contribution is -2.32. The topological polar surface area (TPSA) is 134 Å². The molecule has 10 heteroatoms. The average Bonchev–Trinajstić information content (AvgIpc) is 2.69. The predicted molar refractivity (Wildman–Crippen MR) is 104 cm³/mol. The van der Waals surface area contributed by atoms with Crippen LogP contribution in [0.15, 0.2) is 46.8 Å². The largest absolute Gasteiger partial charge is 0.466 e. The van der Waals surface area contributed by atoms with Crippen LogP contribution in [0, 0.1) is 10.1 Å². The molecule has 0 amide bonds. The third-order valence-electron chi connectivity index (χ3n) is 4.42. The number of rotatable bonds is 7. The number of carbonyl (C=O) groups excluding carboxylic acids is 3. The van der Waals surface area contributed by atoms with Crippen LogP contribution in [0.1, 0.15) is 32.3 Å². The van der Waals surface area contributed by atoms with Gasteiger partial charge in [0.25, 0.3) is 5.69 Å². The van der Waals surface area contributed by atoms with Gasteiger partial charge in [-0.05, 0) is 19.4 Å². The Kier molecular flexibility index (Phi) is 7.29. The summed E-state index contributed by atoms with van der Waals surface area (Å²) in [6.07, 6.45) is 0. The Hall–Kier alpha value is -3.69. The lowest BCUT2D eigenvalue weighted by atomic mass is 9.80. The van der Waals surface area contributed by atoms with Gasteiger partial charge in [0.05, 0.1) is 29.1 Å². The lowest BCUT2D eigenvalue weighted by Gasteiger charge is -2.30. The van der Waals surface area contributed by atoms with E-state index in [0.29, 0.717) is 17.0 Å². The molecular formula is C20H22N2O8. The summed E-state index contributed by atoms with van der Waals surface area (Å²) in [5.74, 6) is -2.90. The van der Waals surface area contributed by atoms with Crippen LogP contribution < -0.4 is 5.32 Å². The molecule has 0 fully saturated rings. The molecule has 0 aliphatic carbocycles. The Morgan fingerprint density at radius 1 is 1.07 bits per heavy atom. The molecule has 0 spiro atoms. The third-order valence-corrected chi connectivity index (χ3v) is 4.42. The molecule has 1 aromatic carbocycles. The van der Waals surface area contributed by atoms with Crippen molar-refractivity contribution in [2.24, 2.45) is 0 Å². The van der Waals surface area contributed by atoms with Crippen molar-refractivity contribution < 1.29 is 33.5 Å². The summed E-state index contributed by atoms with van der Waals surface area (Å²) < 4.78 is 14.8. The van der Waals surface area contributed by atoms with E-state index in [4.69, 9.17) is 14.2 Å². The summed E-state index contributed by atoms with van der Waals surface area (Å²) in [4.78, 5) is 46.9. The van der Waals surface area contributed by atoms with Crippen molar-refractivity contribution in [2.75, 3.05) is 20.3 Å². The van der Waals surface area contributed by atoms with Crippen molar-refractivity contribution >= 4 is 23.6 Å². The standard InChI is InChI=1S/C20H22N2O8/c1-11-16(19(24)28-4)18(14-6-5-7-15(10-14)22(26)27)17(12(2)21-11)20(25)30-9-8-29-13(3)23/h5-7,10,18,21H,8-9H2,1-4H3. The smallest absolute Gasteiger partial charge is 0.336 e. The first-order valence-electron chi connectivity index (χ1n) is 8.99. The van der Waals surface area contributed by atoms with Crippen molar-refractivity contribution in [1.29, 1.82) is 0 Å². The molecule has 1 heterocycles. The van der Waals surface area contributed by atoms with Gasteiger partial charge in [-0.2, -0.15) is 0 Å². The molecule has 1 aromatic rings. The number of hydrogen-bond acceptors (Lipinski definition) is 9. The average molecular weight is 418 g/mol. The number of dihydropyridines is 1. The second-order valence-electron chi connectivity index (χ2n) is 6.46. The highest BCUT2D eigenvalue weighted by Crippen LogP contribution is 2.40. The van der Waals surface area contributed by atoms with Crippen LogP contribution in [-0.4, -0.2) is 43.2 Å². The van der Waals surface area contributed by atoms with Gasteiger partial charge in [0.2, 0.25) is 0 Å². The first-order valence-corrected chi connectivity index (χ1v) is 8.99. The van der Waals surface area contributed by atoms with Gasteiger partial charge in [-0.1, -0.05) is 12.1 Å². The van der Waals surface area contributed by atoms with Gasteiger partial charge in [-0.25, -0.2) is 9.59 Å². The van der Waals surface area contributed by atoms with Gasteiger partial charge < -0.3 is 19.5 Å². The minimum Gasteiger partial charge on any atom is -0.466 e. The van der Waals surface area contributed by atoms with Gasteiger partial charge in [-0.15, -0.1) is 0 Å². The second kappa shape index (κ2) is 9.68. The molecule has 0 saturated carbocycles. The van der Waals surface area contributed by atoms with Crippen molar-refractivity contribution in [3.05, 3.63) is 62.5 Å². The van der Waals surface area contributed by atoms with Crippen molar-refractivity contribution in [2.45, 2.75) is 26.7 Å². The molecule has 30 heavy (non-hydrogen) atoms. The molecule has 1 N–H and O–H groups in total. The zero-order chi connectivity index (χ0) is 22.4. The Labute approximate surface area is 172 Å². The van der Waals surface area contributed by atoms with Crippen molar-refractivity contribution in [1.82, 2.24) is 5.32 Å². The van der Waals surface area contributed by atoms with Crippen LogP contribution >= 0.6 is 0 Å². The SMILES string of the molecule is COC(=O)C1=C(C)NC(C)=C(C(=O)OCCOC(C)=O)C1c1cccc([N+](=O)[O-])c1. The number of nitro groups is 1. The minimum absolute atomic E-state index is 0.101. The molecule has 1 aliphatic heterocycles. The second-order valence-corrected chi connectivity index (χ2v) is 6.46. The van der Waals surface area contributed by atoms with E-state index in [1.165, 1.54) is 32.2 Å². The molecule has 1 unspecified atom stereocenters. The van der Waals surface area contributed by atoms with Gasteiger partial charge >= 0.3 is 17.9 Å². The fraction of sp³-hybridized carbons (Fsp3) is 0.350. The number of ether oxygens (including phenoxy) is 3. The Balaban J connectivity index is 2.49. The number of benzene rings is 1. The molecule has 0 aromatic heterocycles. The summed E-state index contributed by atoms with van der Waals surface area (Å²) >= 11 is 0. The first-order chi connectivity index (χ1) is 14.2. The van der Waals surface area contributed by atoms with E-state index in [1.807, 2.05) is 0 Å². The maximum atomic E-state index is 12.8. The maximum absolute atomic E-state index is 12.8. The number of nitro benzene ring substituents is 1. The van der Waals surface area contributed by atoms with Crippen LogP contribution in [0.2, 0.25) is 0 Å². The Morgan fingerprint density at radius 3 is 2.23 bits per heavy atom. The number of nitrogens with zero attached hydrogens (tertiary/aromatic N) is 1. The van der Waals surface area contributed by atoms with E-state index in [9.17, 15) is 24.5 Å². The quantitative estimate of drug-likeness (QED) is 0.232. The van der Waals surface area contributed by atoms with Gasteiger partial charge in [-0.3, -0.25) is 14.9 Å². The maximum Gasteiger partial charge on any atom is 0.336 e. The molecule has 0 saturated heterocycles. The number of esters is 3. The van der Waals surface area contributed by atoms with E-state index in [2.05, 4.69) is 5.32 Å². The molecule has 1 atom stereocenters. The van der Waals surface area contributed by atoms with Crippen LogP contribution in [-0.2, 0) is 28.6 Å². The zero-order valence-electron chi connectivity index (χ0n) is 17.0. The van der Waals surface area contributed by atoms with Crippen LogP contribution in [0.3, 0.4) is 0 Å². The first kappa shape index (κ1) is 22.6. The van der Waals surface area contributed by atoms with Crippen LogP contribution in [0.4, 0.5) is 5.69 Å². The monoisotopic (exact) mass is 418 g/mol. The van der Waals surface area contributed by atoms with Gasteiger partial charge in [0.15, 0.2) is 0 Å². The lowest BCUT2D eigenvalue weighted by molar-refractivity contribution is -0.384. The van der Waals surface area contributed by atoms with Gasteiger partial charge in [0.1, 0.15) is 13.2 Å². The number of nitrogens with one attached hydrogen (secondary N) is 1. The highest BCUT2D eigenvalue weighted by Gasteiger charge is 2.38. The third kappa shape index (κ3) is 5.02. The fourth-order valence-corrected chi connectivity index (χ4v) is 3.19. The summed E-state index contributed by atoms with van der Waals surface area (Å²) in [5.41, 5.74) is 1.28. The summed E-state index contributed by atoms with van der Waals surface area (Å²) in [6, 6.07) is 5.66. The minimum atomic E-state index is -0.945. The number of methoxy groups -OCH3 is 1. The fourth-order valence-electron chi connectivity index (χ4n) is 3.19. The van der Waals surface area contributed by atoms with E-state index in [-0.39, 0.29) is 30.0 Å². The molecule has 2 rings (SSSR count). The molecule has 160 valence electrons. The van der Waals surface area contributed by atoms with E-state index in [1.54, 1.807) is 19.9 Å². The summed E-state index contributed by atoms with van der Waals surface area (Å²) in [6.45, 7) is 4.19. The van der Waals surface area contributed by atoms with E-state index < -0.39 is 28.7 Å². The molecule has 0 bridgehead atoms. The molecular weight excluding hydrogens is 396 g/mol. The van der Waals surface area contributed by atoms with Crippen molar-refractivity contribution in [3.8, 4) is 0 Å². The van der Waals surface area contributed by atoms with Crippen LogP contribution in [0.5, 0.6) is 0 Å². The predicted octanol–water partition coefficient (Wildman–Crippen LogP) is 2.11. The Morgan fingerprint density at radius 2 is 1.67 bits per heavy atom. The van der Waals surface area contributed by atoms with Gasteiger partial charge in [0, 0.05) is 30.5 Å². The Bertz CT molecular complexity index is 948. The summed E-state index contributed by atoms with van der Waals surface area (Å²) in [7, 11) is 1.20. The highest BCUT2D eigenvalue weighted by atomic mass is 16.6. The summed E-state index contributed by atoms with van der Waals surface area (Å²) in [5, 5.41) is 14.2. The number of allylic oxidation sites excluding steroid dienone is 2.